The summed E-state index contributed by atoms with van der Waals surface area (Å²) in [4.78, 5) is 25.0. The number of benzene rings is 3. The molecule has 0 bridgehead atoms. The minimum Gasteiger partial charge on any atom is -0.507 e. The van der Waals surface area contributed by atoms with Gasteiger partial charge in [-0.25, -0.2) is 30.8 Å². The van der Waals surface area contributed by atoms with Gasteiger partial charge in [0.2, 0.25) is 15.9 Å². The number of hydrogen-bond acceptors (Lipinski definition) is 5. The normalized spacial score (nSPS) is 18.0. The second-order valence-corrected chi connectivity index (χ2v) is 12.9. The second-order valence-electron chi connectivity index (χ2n) is 11.1. The van der Waals surface area contributed by atoms with Crippen LogP contribution in [-0.4, -0.2) is 47.4 Å². The van der Waals surface area contributed by atoms with Crippen LogP contribution < -0.4 is 4.90 Å². The van der Waals surface area contributed by atoms with Gasteiger partial charge in [-0.15, -0.1) is 0 Å². The first kappa shape index (κ1) is 31.5. The van der Waals surface area contributed by atoms with Gasteiger partial charge in [0.15, 0.2) is 22.3 Å². The molecule has 3 aromatic rings. The summed E-state index contributed by atoms with van der Waals surface area (Å²) in [6.45, 7) is -0.447. The van der Waals surface area contributed by atoms with Gasteiger partial charge in [0, 0.05) is 24.4 Å². The highest BCUT2D eigenvalue weighted by Crippen LogP contribution is 2.35. The molecular weight excluding hydrogens is 604 g/mol. The van der Waals surface area contributed by atoms with Crippen molar-refractivity contribution in [3.63, 3.8) is 0 Å². The molecule has 1 saturated heterocycles. The molecule has 1 saturated carbocycles. The number of hydrogen-bond donors (Lipinski definition) is 2. The lowest BCUT2D eigenvalue weighted by molar-refractivity contribution is -0.121. The molecule has 1 amide bonds. The first-order valence-corrected chi connectivity index (χ1v) is 15.7. The number of nitrogens with zero attached hydrogens (tertiary/aromatic N) is 2. The molecule has 5 rings (SSSR count). The predicted octanol–water partition coefficient (Wildman–Crippen LogP) is 6.08. The van der Waals surface area contributed by atoms with Gasteiger partial charge in [-0.1, -0.05) is 43.5 Å². The van der Waals surface area contributed by atoms with Gasteiger partial charge in [0.05, 0.1) is 6.54 Å². The van der Waals surface area contributed by atoms with Crippen molar-refractivity contribution in [3.05, 3.63) is 88.5 Å². The molecule has 1 aliphatic heterocycles. The number of aromatic carboxylic acids is 1. The van der Waals surface area contributed by atoms with Crippen LogP contribution in [0.5, 0.6) is 5.75 Å². The molecule has 1 aliphatic carbocycles. The molecule has 8 nitrogen and oxygen atoms in total. The summed E-state index contributed by atoms with van der Waals surface area (Å²) in [6.07, 6.45) is 5.70. The average molecular weight is 635 g/mol. The first-order valence-electron chi connectivity index (χ1n) is 14.2. The highest BCUT2D eigenvalue weighted by Gasteiger charge is 2.44. The average Bonchev–Trinajstić information content (AvgIpc) is 3.50. The smallest absolute Gasteiger partial charge is 0.339 e. The molecule has 13 heteroatoms. The van der Waals surface area contributed by atoms with Crippen molar-refractivity contribution in [1.29, 1.82) is 0 Å². The highest BCUT2D eigenvalue weighted by atomic mass is 32.2. The van der Waals surface area contributed by atoms with E-state index in [-0.39, 0.29) is 37.7 Å². The van der Waals surface area contributed by atoms with E-state index >= 15 is 0 Å². The van der Waals surface area contributed by atoms with Gasteiger partial charge in [0.25, 0.3) is 0 Å². The molecule has 0 spiro atoms. The standard InChI is InChI=1S/C31H30F4N2O6S/c32-23-16-24(33)29(28(35)27(23)34)44(42,43)37-14-4-7-25(37)30(39)36(21-12-13-22(31(40)41)26(38)15-21)17-18-8-10-20(11-9-18)19-5-2-1-3-6-19/h8-13,15-16,19,25,38H,1-7,14,17H2,(H,40,41)/t25-/m1/s1. The van der Waals surface area contributed by atoms with Crippen molar-refractivity contribution in [2.24, 2.45) is 0 Å². The van der Waals surface area contributed by atoms with Gasteiger partial charge in [-0.2, -0.15) is 4.31 Å². The Hall–Kier alpha value is -3.97. The summed E-state index contributed by atoms with van der Waals surface area (Å²) < 4.78 is 84.1. The van der Waals surface area contributed by atoms with Crippen LogP contribution in [0.2, 0.25) is 0 Å². The van der Waals surface area contributed by atoms with E-state index in [1.807, 2.05) is 24.3 Å². The lowest BCUT2D eigenvalue weighted by Crippen LogP contribution is -2.48. The maximum atomic E-state index is 14.6. The summed E-state index contributed by atoms with van der Waals surface area (Å²) in [5.41, 5.74) is 1.42. The Balaban J connectivity index is 1.50. The van der Waals surface area contributed by atoms with Crippen LogP contribution in [0.1, 0.15) is 72.3 Å². The summed E-state index contributed by atoms with van der Waals surface area (Å²) >= 11 is 0. The zero-order valence-corrected chi connectivity index (χ0v) is 24.3. The number of amides is 1. The second kappa shape index (κ2) is 12.6. The maximum Gasteiger partial charge on any atom is 0.339 e. The maximum absolute atomic E-state index is 14.6. The molecule has 0 aromatic heterocycles. The number of anilines is 1. The summed E-state index contributed by atoms with van der Waals surface area (Å²) in [5.74, 6) is -10.6. The van der Waals surface area contributed by atoms with Gasteiger partial charge in [-0.3, -0.25) is 4.79 Å². The molecule has 2 fully saturated rings. The Bertz CT molecular complexity index is 1690. The molecule has 2 aliphatic rings. The van der Waals surface area contributed by atoms with Crippen molar-refractivity contribution in [3.8, 4) is 5.75 Å². The molecule has 1 heterocycles. The van der Waals surface area contributed by atoms with E-state index in [0.29, 0.717) is 15.8 Å². The predicted molar refractivity (Wildman–Crippen MR) is 152 cm³/mol. The third-order valence-electron chi connectivity index (χ3n) is 8.31. The molecule has 234 valence electrons. The monoisotopic (exact) mass is 634 g/mol. The quantitative estimate of drug-likeness (QED) is 0.176. The first-order chi connectivity index (χ1) is 20.9. The van der Waals surface area contributed by atoms with Gasteiger partial charge >= 0.3 is 5.97 Å². The number of aromatic hydroxyl groups is 1. The number of carboxylic acid groups (broad SMARTS) is 1. The van der Waals surface area contributed by atoms with Crippen LogP contribution in [0.4, 0.5) is 23.2 Å². The lowest BCUT2D eigenvalue weighted by atomic mass is 9.84. The van der Waals surface area contributed by atoms with Gasteiger partial charge in [-0.05, 0) is 54.9 Å². The molecular formula is C31H30F4N2O6S. The third-order valence-corrected chi connectivity index (χ3v) is 10.3. The SMILES string of the molecule is O=C(O)c1ccc(N(Cc2ccc(C3CCCCC3)cc2)C(=O)[C@H]2CCCN2S(=O)(=O)c2c(F)cc(F)c(F)c2F)cc1O. The van der Waals surface area contributed by atoms with E-state index in [9.17, 15) is 45.8 Å². The Labute approximate surface area is 251 Å². The number of carbonyl (C=O) groups excluding carboxylic acids is 1. The summed E-state index contributed by atoms with van der Waals surface area (Å²) in [5, 5.41) is 19.7. The fourth-order valence-corrected chi connectivity index (χ4v) is 7.79. The van der Waals surface area contributed by atoms with Crippen molar-refractivity contribution >= 4 is 27.6 Å². The molecule has 44 heavy (non-hydrogen) atoms. The number of carboxylic acids is 1. The fraction of sp³-hybridized carbons (Fsp3) is 0.355. The zero-order valence-electron chi connectivity index (χ0n) is 23.5. The molecule has 0 unspecified atom stereocenters. The van der Waals surface area contributed by atoms with Crippen LogP contribution in [0, 0.1) is 23.3 Å². The number of halogens is 4. The molecule has 0 radical (unpaired) electrons. The Morgan fingerprint density at radius 3 is 2.18 bits per heavy atom. The largest absolute Gasteiger partial charge is 0.507 e. The van der Waals surface area contributed by atoms with E-state index in [1.165, 1.54) is 12.5 Å². The number of carbonyl (C=O) groups is 2. The van der Waals surface area contributed by atoms with E-state index in [2.05, 4.69) is 0 Å². The number of rotatable bonds is 8. The topological polar surface area (TPSA) is 115 Å². The summed E-state index contributed by atoms with van der Waals surface area (Å²) in [6, 6.07) is 9.42. The van der Waals surface area contributed by atoms with E-state index in [4.69, 9.17) is 0 Å². The van der Waals surface area contributed by atoms with Crippen molar-refractivity contribution < 1.29 is 45.8 Å². The minimum atomic E-state index is -5.16. The number of sulfonamides is 1. The Kier molecular flexibility index (Phi) is 8.98. The van der Waals surface area contributed by atoms with Crippen molar-refractivity contribution in [2.75, 3.05) is 11.4 Å². The van der Waals surface area contributed by atoms with Gasteiger partial charge in [0.1, 0.15) is 23.2 Å². The van der Waals surface area contributed by atoms with E-state index < -0.39 is 67.4 Å². The van der Waals surface area contributed by atoms with Crippen LogP contribution in [0.25, 0.3) is 0 Å². The van der Waals surface area contributed by atoms with Crippen LogP contribution in [-0.2, 0) is 21.4 Å². The summed E-state index contributed by atoms with van der Waals surface area (Å²) in [7, 11) is -5.16. The fourth-order valence-electron chi connectivity index (χ4n) is 6.04. The molecule has 1 atom stereocenters. The molecule has 3 aromatic carbocycles. The number of phenols is 1. The van der Waals surface area contributed by atoms with Gasteiger partial charge < -0.3 is 15.1 Å². The van der Waals surface area contributed by atoms with Crippen LogP contribution in [0.15, 0.2) is 53.4 Å². The highest BCUT2D eigenvalue weighted by molar-refractivity contribution is 7.89. The van der Waals surface area contributed by atoms with E-state index in [0.717, 1.165) is 48.3 Å². The Morgan fingerprint density at radius 2 is 1.55 bits per heavy atom. The molecule has 2 N–H and O–H groups in total. The van der Waals surface area contributed by atoms with Crippen LogP contribution >= 0.6 is 0 Å². The van der Waals surface area contributed by atoms with Crippen LogP contribution in [0.3, 0.4) is 0 Å². The minimum absolute atomic E-state index is 0.0447. The third kappa shape index (κ3) is 6.03. The zero-order chi connectivity index (χ0) is 31.8. The van der Waals surface area contributed by atoms with Crippen molar-refractivity contribution in [2.45, 2.75) is 68.3 Å². The van der Waals surface area contributed by atoms with E-state index in [1.54, 1.807) is 0 Å². The Morgan fingerprint density at radius 1 is 0.864 bits per heavy atom. The lowest BCUT2D eigenvalue weighted by Gasteiger charge is -2.30. The van der Waals surface area contributed by atoms with Crippen molar-refractivity contribution in [1.82, 2.24) is 4.31 Å².